The topological polar surface area (TPSA) is 70.6 Å². The summed E-state index contributed by atoms with van der Waals surface area (Å²) < 4.78 is 19.4. The molecule has 0 bridgehead atoms. The largest absolute Gasteiger partial charge is 0.376 e. The zero-order valence-electron chi connectivity index (χ0n) is 16.1. The zero-order valence-corrected chi connectivity index (χ0v) is 17.7. The van der Waals surface area contributed by atoms with Gasteiger partial charge in [-0.3, -0.25) is 4.79 Å². The predicted octanol–water partition coefficient (Wildman–Crippen LogP) is 2.71. The Morgan fingerprint density at radius 2 is 2.03 bits per heavy atom. The molecule has 1 atom stereocenters. The fraction of sp³-hybridized carbons (Fsp3) is 0.526. The molecule has 1 unspecified atom stereocenters. The highest BCUT2D eigenvalue weighted by Crippen LogP contribution is 2.26. The maximum absolute atomic E-state index is 13.1. The molecule has 2 aromatic rings. The van der Waals surface area contributed by atoms with Gasteiger partial charge in [0.2, 0.25) is 11.0 Å². The van der Waals surface area contributed by atoms with Gasteiger partial charge in [-0.1, -0.05) is 23.1 Å². The molecule has 2 aliphatic rings. The molecule has 4 rings (SSSR count). The molecular weight excluding hydrogens is 413 g/mol. The van der Waals surface area contributed by atoms with E-state index in [0.717, 1.165) is 54.2 Å². The van der Waals surface area contributed by atoms with E-state index >= 15 is 0 Å². The molecule has 3 heterocycles. The van der Waals surface area contributed by atoms with Gasteiger partial charge < -0.3 is 19.9 Å². The lowest BCUT2D eigenvalue weighted by molar-refractivity contribution is -0.128. The van der Waals surface area contributed by atoms with E-state index in [4.69, 9.17) is 4.74 Å². The van der Waals surface area contributed by atoms with Gasteiger partial charge >= 0.3 is 0 Å². The van der Waals surface area contributed by atoms with Crippen LogP contribution in [0.25, 0.3) is 0 Å². The molecule has 10 heteroatoms. The van der Waals surface area contributed by atoms with Crippen LogP contribution in [0.5, 0.6) is 0 Å². The second-order valence-corrected chi connectivity index (χ2v) is 9.22. The first-order chi connectivity index (χ1) is 14.2. The number of anilines is 2. The summed E-state index contributed by atoms with van der Waals surface area (Å²) in [7, 11) is 0. The molecule has 0 spiro atoms. The summed E-state index contributed by atoms with van der Waals surface area (Å²) in [4.78, 5) is 16.6. The molecule has 1 amide bonds. The van der Waals surface area contributed by atoms with E-state index < -0.39 is 0 Å². The highest BCUT2D eigenvalue weighted by molar-refractivity contribution is 8.01. The molecule has 0 saturated carbocycles. The minimum absolute atomic E-state index is 0.109. The predicted molar refractivity (Wildman–Crippen MR) is 113 cm³/mol. The molecule has 29 heavy (non-hydrogen) atoms. The number of piperazine rings is 1. The number of halogens is 1. The van der Waals surface area contributed by atoms with Crippen LogP contribution in [0.3, 0.4) is 0 Å². The van der Waals surface area contributed by atoms with Gasteiger partial charge in [0.05, 0.1) is 11.9 Å². The van der Waals surface area contributed by atoms with Crippen LogP contribution in [0.1, 0.15) is 12.8 Å². The number of amides is 1. The van der Waals surface area contributed by atoms with Crippen LogP contribution < -0.4 is 10.2 Å². The van der Waals surface area contributed by atoms with Crippen molar-refractivity contribution in [3.05, 3.63) is 30.1 Å². The Bertz CT molecular complexity index is 805. The summed E-state index contributed by atoms with van der Waals surface area (Å²) in [6.07, 6.45) is 2.45. The fourth-order valence-electron chi connectivity index (χ4n) is 3.43. The molecule has 2 aliphatic heterocycles. The summed E-state index contributed by atoms with van der Waals surface area (Å²) >= 11 is 2.90. The van der Waals surface area contributed by atoms with Crippen LogP contribution in [0, 0.1) is 5.82 Å². The van der Waals surface area contributed by atoms with Gasteiger partial charge in [-0.05, 0) is 37.1 Å². The van der Waals surface area contributed by atoms with Crippen molar-refractivity contribution >= 4 is 39.8 Å². The number of carbonyl (C=O) groups is 1. The van der Waals surface area contributed by atoms with Crippen molar-refractivity contribution in [1.29, 1.82) is 0 Å². The van der Waals surface area contributed by atoms with Gasteiger partial charge in [-0.15, -0.1) is 10.2 Å². The number of nitrogens with zero attached hydrogens (tertiary/aromatic N) is 4. The lowest BCUT2D eigenvalue weighted by Crippen LogP contribution is -2.49. The molecule has 0 aliphatic carbocycles. The smallest absolute Gasteiger partial charge is 0.233 e. The second kappa shape index (κ2) is 9.73. The van der Waals surface area contributed by atoms with E-state index in [1.165, 1.54) is 35.2 Å². The van der Waals surface area contributed by atoms with Crippen molar-refractivity contribution in [3.63, 3.8) is 0 Å². The van der Waals surface area contributed by atoms with Gasteiger partial charge in [0.1, 0.15) is 5.82 Å². The third kappa shape index (κ3) is 5.58. The molecule has 0 radical (unpaired) electrons. The first-order valence-corrected chi connectivity index (χ1v) is 11.6. The van der Waals surface area contributed by atoms with Crippen molar-refractivity contribution < 1.29 is 13.9 Å². The molecule has 7 nitrogen and oxygen atoms in total. The van der Waals surface area contributed by atoms with Crippen LogP contribution in [0.2, 0.25) is 0 Å². The van der Waals surface area contributed by atoms with E-state index in [1.807, 2.05) is 4.90 Å². The summed E-state index contributed by atoms with van der Waals surface area (Å²) in [5.74, 6) is 0.232. The summed E-state index contributed by atoms with van der Waals surface area (Å²) in [5, 5.41) is 12.3. The van der Waals surface area contributed by atoms with Gasteiger partial charge in [0, 0.05) is 45.0 Å². The highest BCUT2D eigenvalue weighted by Gasteiger charge is 2.22. The number of thioether (sulfide) groups is 1. The van der Waals surface area contributed by atoms with Gasteiger partial charge in [0.15, 0.2) is 4.34 Å². The average Bonchev–Trinajstić information content (AvgIpc) is 3.43. The van der Waals surface area contributed by atoms with Crippen molar-refractivity contribution in [2.24, 2.45) is 0 Å². The minimum atomic E-state index is -0.235. The maximum atomic E-state index is 13.1. The summed E-state index contributed by atoms with van der Waals surface area (Å²) in [6.45, 7) is 4.42. The van der Waals surface area contributed by atoms with Crippen molar-refractivity contribution in [2.45, 2.75) is 23.3 Å². The van der Waals surface area contributed by atoms with Crippen molar-refractivity contribution in [2.75, 3.05) is 55.3 Å². The number of hydrogen-bond donors (Lipinski definition) is 1. The normalized spacial score (nSPS) is 19.6. The lowest BCUT2D eigenvalue weighted by Gasteiger charge is -2.36. The Hall–Kier alpha value is -1.91. The van der Waals surface area contributed by atoms with E-state index in [1.54, 1.807) is 12.1 Å². The Balaban J connectivity index is 1.19. The Kier molecular flexibility index (Phi) is 6.83. The summed E-state index contributed by atoms with van der Waals surface area (Å²) in [5.41, 5.74) is 0.991. The van der Waals surface area contributed by atoms with Gasteiger partial charge in [0.25, 0.3) is 0 Å². The third-order valence-corrected chi connectivity index (χ3v) is 7.05. The van der Waals surface area contributed by atoms with Gasteiger partial charge in [-0.2, -0.15) is 0 Å². The average molecular weight is 438 g/mol. The number of benzene rings is 1. The number of aromatic nitrogens is 2. The van der Waals surface area contributed by atoms with Crippen molar-refractivity contribution in [3.8, 4) is 0 Å². The molecule has 1 aromatic heterocycles. The molecule has 156 valence electrons. The standard InChI is InChI=1S/C19H24FN5O2S2/c20-14-3-5-15(6-4-14)24-7-9-25(10-8-24)17(26)13-28-19-23-22-18(29-19)21-12-16-2-1-11-27-16/h3-6,16H,1-2,7-13H2,(H,21,22). The van der Waals surface area contributed by atoms with Crippen LogP contribution in [-0.4, -0.2) is 72.2 Å². The quantitative estimate of drug-likeness (QED) is 0.668. The molecular formula is C19H24FN5O2S2. The van der Waals surface area contributed by atoms with E-state index in [2.05, 4.69) is 20.4 Å². The fourth-order valence-corrected chi connectivity index (χ4v) is 5.09. The summed E-state index contributed by atoms with van der Waals surface area (Å²) in [6, 6.07) is 6.50. The number of carbonyl (C=O) groups excluding carboxylic acids is 1. The molecule has 2 fully saturated rings. The van der Waals surface area contributed by atoms with Crippen LogP contribution in [-0.2, 0) is 9.53 Å². The van der Waals surface area contributed by atoms with E-state index in [-0.39, 0.29) is 17.8 Å². The van der Waals surface area contributed by atoms with Crippen molar-refractivity contribution in [1.82, 2.24) is 15.1 Å². The highest BCUT2D eigenvalue weighted by atomic mass is 32.2. The van der Waals surface area contributed by atoms with E-state index in [9.17, 15) is 9.18 Å². The number of nitrogens with one attached hydrogen (secondary N) is 1. The first kappa shape index (κ1) is 20.4. The molecule has 1 aromatic carbocycles. The number of hydrogen-bond acceptors (Lipinski definition) is 8. The Morgan fingerprint density at radius 3 is 2.76 bits per heavy atom. The zero-order chi connectivity index (χ0) is 20.1. The third-order valence-electron chi connectivity index (χ3n) is 5.05. The maximum Gasteiger partial charge on any atom is 0.233 e. The Labute approximate surface area is 177 Å². The van der Waals surface area contributed by atoms with Crippen LogP contribution in [0.15, 0.2) is 28.6 Å². The monoisotopic (exact) mass is 437 g/mol. The van der Waals surface area contributed by atoms with E-state index in [0.29, 0.717) is 18.8 Å². The number of rotatable bonds is 7. The molecule has 2 saturated heterocycles. The van der Waals surface area contributed by atoms with Crippen LogP contribution >= 0.6 is 23.1 Å². The van der Waals surface area contributed by atoms with Gasteiger partial charge in [-0.25, -0.2) is 4.39 Å². The first-order valence-electron chi connectivity index (χ1n) is 9.77. The Morgan fingerprint density at radius 1 is 1.24 bits per heavy atom. The number of ether oxygens (including phenoxy) is 1. The lowest BCUT2D eigenvalue weighted by atomic mass is 10.2. The SMILES string of the molecule is O=C(CSc1nnc(NCC2CCCO2)s1)N1CCN(c2ccc(F)cc2)CC1. The molecule has 1 N–H and O–H groups in total. The minimum Gasteiger partial charge on any atom is -0.376 e. The van der Waals surface area contributed by atoms with Crippen LogP contribution in [0.4, 0.5) is 15.2 Å². The second-order valence-electron chi connectivity index (χ2n) is 7.02.